The van der Waals surface area contributed by atoms with Crippen LogP contribution in [0.2, 0.25) is 0 Å². The van der Waals surface area contributed by atoms with E-state index in [1.54, 1.807) is 26.0 Å². The van der Waals surface area contributed by atoms with Crippen molar-refractivity contribution >= 4 is 16.9 Å². The number of aryl methyl sites for hydroxylation is 3. The number of nitrogens with two attached hydrogens (primary N) is 1. The largest absolute Gasteiger partial charge is 0.451 e. The van der Waals surface area contributed by atoms with Crippen molar-refractivity contribution in [3.05, 3.63) is 40.3 Å². The van der Waals surface area contributed by atoms with Gasteiger partial charge in [-0.2, -0.15) is 26.3 Å². The van der Waals surface area contributed by atoms with E-state index in [0.717, 1.165) is 10.2 Å². The predicted octanol–water partition coefficient (Wildman–Crippen LogP) is 4.36. The van der Waals surface area contributed by atoms with Crippen molar-refractivity contribution in [1.29, 1.82) is 0 Å². The lowest BCUT2D eigenvalue weighted by atomic mass is 10.1. The van der Waals surface area contributed by atoms with E-state index in [1.165, 1.54) is 0 Å². The number of nitrogens with zero attached hydrogens (tertiary/aromatic N) is 4. The van der Waals surface area contributed by atoms with Crippen LogP contribution in [-0.2, 0) is 12.4 Å². The molecule has 0 spiro atoms. The summed E-state index contributed by atoms with van der Waals surface area (Å²) in [7, 11) is 0. The maximum atomic E-state index is 13.3. The molecule has 0 unspecified atom stereocenters. The number of rotatable bonds is 1. The second-order valence-corrected chi connectivity index (χ2v) is 6.13. The summed E-state index contributed by atoms with van der Waals surface area (Å²) in [5, 5.41) is 3.05. The maximum absolute atomic E-state index is 13.3. The van der Waals surface area contributed by atoms with E-state index < -0.39 is 40.7 Å². The fraction of sp³-hybridized carbons (Fsp3) is 0.312. The van der Waals surface area contributed by atoms with Gasteiger partial charge in [0.2, 0.25) is 5.82 Å². The fourth-order valence-corrected chi connectivity index (χ4v) is 3.02. The number of halogens is 6. The van der Waals surface area contributed by atoms with Crippen molar-refractivity contribution in [3.63, 3.8) is 0 Å². The van der Waals surface area contributed by atoms with E-state index in [4.69, 9.17) is 5.73 Å². The maximum Gasteiger partial charge on any atom is 0.451 e. The normalized spacial score (nSPS) is 12.8. The van der Waals surface area contributed by atoms with Gasteiger partial charge in [0.05, 0.1) is 11.1 Å². The lowest BCUT2D eigenvalue weighted by Crippen LogP contribution is -2.17. The molecule has 144 valence electrons. The lowest BCUT2D eigenvalue weighted by Gasteiger charge is -2.13. The van der Waals surface area contributed by atoms with Gasteiger partial charge < -0.3 is 5.73 Å². The second-order valence-electron chi connectivity index (χ2n) is 6.13. The van der Waals surface area contributed by atoms with E-state index in [9.17, 15) is 26.3 Å². The second kappa shape index (κ2) is 5.83. The molecule has 0 aliphatic carbocycles. The molecule has 11 heteroatoms. The van der Waals surface area contributed by atoms with Crippen molar-refractivity contribution in [1.82, 2.24) is 19.7 Å². The summed E-state index contributed by atoms with van der Waals surface area (Å²) in [6.45, 7) is 5.22. The first-order valence-corrected chi connectivity index (χ1v) is 7.59. The van der Waals surface area contributed by atoms with E-state index in [2.05, 4.69) is 15.1 Å². The third-order valence-electron chi connectivity index (χ3n) is 3.94. The molecule has 0 bridgehead atoms. The summed E-state index contributed by atoms with van der Waals surface area (Å²) < 4.78 is 79.8. The molecule has 2 heterocycles. The highest BCUT2D eigenvalue weighted by Gasteiger charge is 2.43. The highest BCUT2D eigenvalue weighted by molar-refractivity contribution is 5.90. The van der Waals surface area contributed by atoms with Gasteiger partial charge in [-0.3, -0.25) is 0 Å². The first-order chi connectivity index (χ1) is 12.3. The highest BCUT2D eigenvalue weighted by Crippen LogP contribution is 2.39. The SMILES string of the molecule is Cc1cc(C)c(-n2nc3nc(C(F)(F)F)nc(C(F)(F)F)c3c2N)c(C)c1. The molecule has 0 atom stereocenters. The van der Waals surface area contributed by atoms with E-state index >= 15 is 0 Å². The van der Waals surface area contributed by atoms with E-state index in [0.29, 0.717) is 16.8 Å². The van der Waals surface area contributed by atoms with Crippen molar-refractivity contribution < 1.29 is 26.3 Å². The quantitative estimate of drug-likeness (QED) is 0.628. The lowest BCUT2D eigenvalue weighted by molar-refractivity contribution is -0.151. The van der Waals surface area contributed by atoms with Crippen LogP contribution in [0.25, 0.3) is 16.7 Å². The van der Waals surface area contributed by atoms with Gasteiger partial charge in [-0.1, -0.05) is 17.7 Å². The van der Waals surface area contributed by atoms with Crippen molar-refractivity contribution in [2.75, 3.05) is 5.73 Å². The molecule has 3 rings (SSSR count). The third kappa shape index (κ3) is 3.17. The van der Waals surface area contributed by atoms with Crippen LogP contribution >= 0.6 is 0 Å². The van der Waals surface area contributed by atoms with Gasteiger partial charge in [0.15, 0.2) is 11.3 Å². The molecular formula is C16H13F6N5. The highest BCUT2D eigenvalue weighted by atomic mass is 19.4. The molecule has 0 aliphatic heterocycles. The number of alkyl halides is 6. The Kier molecular flexibility index (Phi) is 4.08. The predicted molar refractivity (Wildman–Crippen MR) is 85.3 cm³/mol. The van der Waals surface area contributed by atoms with Gasteiger partial charge in [-0.15, -0.1) is 5.10 Å². The molecule has 27 heavy (non-hydrogen) atoms. The molecule has 2 N–H and O–H groups in total. The Morgan fingerprint density at radius 3 is 1.93 bits per heavy atom. The number of hydrogen-bond acceptors (Lipinski definition) is 4. The zero-order chi connectivity index (χ0) is 20.3. The van der Waals surface area contributed by atoms with Gasteiger partial charge in [0.25, 0.3) is 0 Å². The Balaban J connectivity index is 2.42. The minimum Gasteiger partial charge on any atom is -0.383 e. The molecule has 2 aromatic heterocycles. The van der Waals surface area contributed by atoms with Crippen molar-refractivity contribution in [2.45, 2.75) is 33.1 Å². The molecular weight excluding hydrogens is 376 g/mol. The molecule has 0 radical (unpaired) electrons. The number of hydrogen-bond donors (Lipinski definition) is 1. The zero-order valence-corrected chi connectivity index (χ0v) is 14.3. The van der Waals surface area contributed by atoms with E-state index in [1.807, 2.05) is 6.92 Å². The topological polar surface area (TPSA) is 69.6 Å². The van der Waals surface area contributed by atoms with Crippen molar-refractivity contribution in [3.8, 4) is 5.69 Å². The average Bonchev–Trinajstić information content (AvgIpc) is 2.80. The van der Waals surface area contributed by atoms with Crippen LogP contribution in [0.15, 0.2) is 12.1 Å². The monoisotopic (exact) mass is 389 g/mol. The number of benzene rings is 1. The van der Waals surface area contributed by atoms with Gasteiger partial charge in [0.1, 0.15) is 5.82 Å². The minimum absolute atomic E-state index is 0.373. The smallest absolute Gasteiger partial charge is 0.383 e. The minimum atomic E-state index is -5.17. The summed E-state index contributed by atoms with van der Waals surface area (Å²) in [6.07, 6.45) is -10.3. The van der Waals surface area contributed by atoms with Crippen LogP contribution in [0, 0.1) is 20.8 Å². The Morgan fingerprint density at radius 2 is 1.44 bits per heavy atom. The molecule has 0 saturated carbocycles. The molecule has 5 nitrogen and oxygen atoms in total. The Hall–Kier alpha value is -2.85. The van der Waals surface area contributed by atoms with Crippen LogP contribution in [0.1, 0.15) is 28.2 Å². The Labute approximate surface area is 148 Å². The number of anilines is 1. The molecule has 0 fully saturated rings. The number of aromatic nitrogens is 4. The molecule has 0 aliphatic rings. The third-order valence-corrected chi connectivity index (χ3v) is 3.94. The fourth-order valence-electron chi connectivity index (χ4n) is 3.02. The zero-order valence-electron chi connectivity index (χ0n) is 14.3. The van der Waals surface area contributed by atoms with E-state index in [-0.39, 0.29) is 0 Å². The summed E-state index contributed by atoms with van der Waals surface area (Å²) in [5.74, 6) is -2.41. The summed E-state index contributed by atoms with van der Waals surface area (Å²) in [5.41, 5.74) is 5.86. The van der Waals surface area contributed by atoms with Gasteiger partial charge in [-0.25, -0.2) is 14.6 Å². The van der Waals surface area contributed by atoms with Crippen LogP contribution in [0.4, 0.5) is 32.2 Å². The van der Waals surface area contributed by atoms with Crippen molar-refractivity contribution in [2.24, 2.45) is 0 Å². The number of nitrogen functional groups attached to an aromatic ring is 1. The molecule has 0 amide bonds. The number of fused-ring (bicyclic) bond motifs is 1. The first kappa shape index (κ1) is 18.9. The van der Waals surface area contributed by atoms with Gasteiger partial charge in [-0.05, 0) is 31.9 Å². The van der Waals surface area contributed by atoms with Gasteiger partial charge in [0, 0.05) is 0 Å². The van der Waals surface area contributed by atoms with Crippen LogP contribution < -0.4 is 5.73 Å². The van der Waals surface area contributed by atoms with Crippen LogP contribution in [-0.4, -0.2) is 19.7 Å². The Morgan fingerprint density at radius 1 is 0.889 bits per heavy atom. The average molecular weight is 389 g/mol. The molecule has 0 saturated heterocycles. The van der Waals surface area contributed by atoms with Gasteiger partial charge >= 0.3 is 12.4 Å². The first-order valence-electron chi connectivity index (χ1n) is 7.59. The van der Waals surface area contributed by atoms with Crippen LogP contribution in [0.5, 0.6) is 0 Å². The Bertz CT molecular complexity index is 1030. The summed E-state index contributed by atoms with van der Waals surface area (Å²) in [6, 6.07) is 3.51. The summed E-state index contributed by atoms with van der Waals surface area (Å²) in [4.78, 5) is 5.83. The molecule has 3 aromatic rings. The summed E-state index contributed by atoms with van der Waals surface area (Å²) >= 11 is 0. The van der Waals surface area contributed by atoms with Crippen LogP contribution in [0.3, 0.4) is 0 Å². The standard InChI is InChI=1S/C16H13F6N5/c1-6-4-7(2)10(8(3)5-6)27-12(23)9-11(15(17,18)19)24-14(16(20,21)22)25-13(9)26-27/h4-5H,23H2,1-3H3. The molecule has 1 aromatic carbocycles.